The van der Waals surface area contributed by atoms with Crippen molar-refractivity contribution in [3.05, 3.63) is 0 Å². The van der Waals surface area contributed by atoms with Crippen LogP contribution >= 0.6 is 0 Å². The smallest absolute Gasteiger partial charge is 0.442 e. The number of carboxylic acid groups (broad SMARTS) is 1. The predicted molar refractivity (Wildman–Crippen MR) is 23.6 cm³/mol. The van der Waals surface area contributed by atoms with Crippen molar-refractivity contribution in [3.8, 4) is 0 Å². The van der Waals surface area contributed by atoms with E-state index < -0.39 is 24.0 Å². The summed E-state index contributed by atoms with van der Waals surface area (Å²) < 4.78 is 80.3. The SMILES string of the molecule is O=C(O)C(F)(C(F)(F)F)C(F)(F)F. The maximum Gasteiger partial charge on any atom is 0.442 e. The minimum Gasteiger partial charge on any atom is -0.478 e. The van der Waals surface area contributed by atoms with Crippen molar-refractivity contribution in [2.75, 3.05) is 0 Å². The summed E-state index contributed by atoms with van der Waals surface area (Å²) in [4.78, 5) is 9.50. The Bertz CT molecular complexity index is 200. The number of carboxylic acids is 1. The lowest BCUT2D eigenvalue weighted by atomic mass is 10.1. The summed E-state index contributed by atoms with van der Waals surface area (Å²) in [7, 11) is 0. The van der Waals surface area contributed by atoms with Crippen LogP contribution in [-0.2, 0) is 4.79 Å². The van der Waals surface area contributed by atoms with Crippen molar-refractivity contribution in [2.24, 2.45) is 0 Å². The molecule has 0 aliphatic heterocycles. The van der Waals surface area contributed by atoms with Gasteiger partial charge in [0.2, 0.25) is 0 Å². The van der Waals surface area contributed by atoms with Crippen LogP contribution < -0.4 is 0 Å². The second kappa shape index (κ2) is 2.74. The summed E-state index contributed by atoms with van der Waals surface area (Å²) in [6, 6.07) is 0. The van der Waals surface area contributed by atoms with Crippen LogP contribution in [0.2, 0.25) is 0 Å². The van der Waals surface area contributed by atoms with Gasteiger partial charge in [0, 0.05) is 0 Å². The Balaban J connectivity index is 5.35. The number of carbonyl (C=O) groups is 1. The molecule has 0 saturated carbocycles. The average Bonchev–Trinajstić information content (AvgIpc) is 1.80. The third kappa shape index (κ3) is 1.68. The van der Waals surface area contributed by atoms with E-state index in [-0.39, 0.29) is 0 Å². The zero-order valence-electron chi connectivity index (χ0n) is 5.50. The average molecular weight is 214 g/mol. The molecule has 0 rings (SSSR count). The van der Waals surface area contributed by atoms with E-state index in [9.17, 15) is 35.5 Å². The minimum atomic E-state index is -6.53. The summed E-state index contributed by atoms with van der Waals surface area (Å²) in [5, 5.41) is 7.49. The zero-order valence-corrected chi connectivity index (χ0v) is 5.50. The summed E-state index contributed by atoms with van der Waals surface area (Å²) >= 11 is 0. The molecule has 13 heavy (non-hydrogen) atoms. The van der Waals surface area contributed by atoms with Crippen LogP contribution in [0.15, 0.2) is 0 Å². The molecular weight excluding hydrogens is 213 g/mol. The lowest BCUT2D eigenvalue weighted by Gasteiger charge is -2.25. The van der Waals surface area contributed by atoms with E-state index in [2.05, 4.69) is 0 Å². The van der Waals surface area contributed by atoms with Crippen LogP contribution in [0.4, 0.5) is 30.7 Å². The van der Waals surface area contributed by atoms with Crippen molar-refractivity contribution in [1.82, 2.24) is 0 Å². The van der Waals surface area contributed by atoms with E-state index in [0.717, 1.165) is 0 Å². The van der Waals surface area contributed by atoms with Gasteiger partial charge in [0.25, 0.3) is 0 Å². The van der Waals surface area contributed by atoms with Gasteiger partial charge in [-0.1, -0.05) is 0 Å². The van der Waals surface area contributed by atoms with Crippen molar-refractivity contribution < 1.29 is 40.6 Å². The predicted octanol–water partition coefficient (Wildman–Crippen LogP) is 1.90. The molecule has 0 heterocycles. The normalized spacial score (nSPS) is 14.4. The fourth-order valence-corrected chi connectivity index (χ4v) is 0.403. The summed E-state index contributed by atoms with van der Waals surface area (Å²) in [5.41, 5.74) is -6.21. The van der Waals surface area contributed by atoms with Crippen LogP contribution in [0.1, 0.15) is 0 Å². The van der Waals surface area contributed by atoms with Crippen LogP contribution in [-0.4, -0.2) is 29.1 Å². The molecule has 0 aliphatic rings. The van der Waals surface area contributed by atoms with Crippen molar-refractivity contribution >= 4 is 5.97 Å². The van der Waals surface area contributed by atoms with Crippen LogP contribution in [0.3, 0.4) is 0 Å². The van der Waals surface area contributed by atoms with Gasteiger partial charge in [-0.05, 0) is 0 Å². The molecule has 0 saturated heterocycles. The molecule has 0 atom stereocenters. The second-order valence-corrected chi connectivity index (χ2v) is 1.96. The minimum absolute atomic E-state index is 3.63. The van der Waals surface area contributed by atoms with Crippen molar-refractivity contribution in [1.29, 1.82) is 0 Å². The Labute approximate surface area is 65.9 Å². The molecule has 0 fully saturated rings. The fraction of sp³-hybridized carbons (Fsp3) is 0.750. The third-order valence-corrected chi connectivity index (χ3v) is 1.08. The standard InChI is InChI=1S/C4HF7O2/c5-2(1(12)13,3(6,7)8)4(9,10)11/h(H,12,13). The van der Waals surface area contributed by atoms with E-state index in [4.69, 9.17) is 5.11 Å². The first kappa shape index (κ1) is 12.0. The Morgan fingerprint density at radius 1 is 0.846 bits per heavy atom. The molecular formula is C4HF7O2. The largest absolute Gasteiger partial charge is 0.478 e. The number of alkyl halides is 7. The zero-order chi connectivity index (χ0) is 11.1. The Hall–Kier alpha value is -1.02. The summed E-state index contributed by atoms with van der Waals surface area (Å²) in [6.45, 7) is 0. The summed E-state index contributed by atoms with van der Waals surface area (Å²) in [5.74, 6) is -3.63. The number of hydrogen-bond donors (Lipinski definition) is 1. The molecule has 0 spiro atoms. The van der Waals surface area contributed by atoms with Gasteiger partial charge in [-0.15, -0.1) is 0 Å². The van der Waals surface area contributed by atoms with Crippen molar-refractivity contribution in [3.63, 3.8) is 0 Å². The van der Waals surface area contributed by atoms with Crippen molar-refractivity contribution in [2.45, 2.75) is 18.0 Å². The number of rotatable bonds is 1. The number of aliphatic carboxylic acids is 1. The van der Waals surface area contributed by atoms with Gasteiger partial charge in [0.1, 0.15) is 0 Å². The monoisotopic (exact) mass is 214 g/mol. The van der Waals surface area contributed by atoms with E-state index in [0.29, 0.717) is 0 Å². The molecule has 9 heteroatoms. The van der Waals surface area contributed by atoms with Crippen LogP contribution in [0.5, 0.6) is 0 Å². The quantitative estimate of drug-likeness (QED) is 0.677. The fourth-order valence-electron chi connectivity index (χ4n) is 0.403. The lowest BCUT2D eigenvalue weighted by Crippen LogP contribution is -2.58. The highest BCUT2D eigenvalue weighted by Crippen LogP contribution is 2.46. The highest BCUT2D eigenvalue weighted by Gasteiger charge is 2.78. The third-order valence-electron chi connectivity index (χ3n) is 1.08. The highest BCUT2D eigenvalue weighted by atomic mass is 19.4. The highest BCUT2D eigenvalue weighted by molar-refractivity contribution is 5.79. The van der Waals surface area contributed by atoms with Gasteiger partial charge >= 0.3 is 24.0 Å². The maximum atomic E-state index is 12.1. The first-order valence-electron chi connectivity index (χ1n) is 2.50. The van der Waals surface area contributed by atoms with E-state index in [1.807, 2.05) is 0 Å². The summed E-state index contributed by atoms with van der Waals surface area (Å²) in [6.07, 6.45) is -13.1. The van der Waals surface area contributed by atoms with Gasteiger partial charge in [-0.2, -0.15) is 26.3 Å². The van der Waals surface area contributed by atoms with E-state index in [1.165, 1.54) is 0 Å². The lowest BCUT2D eigenvalue weighted by molar-refractivity contribution is -0.331. The Morgan fingerprint density at radius 3 is 1.08 bits per heavy atom. The first-order chi connectivity index (χ1) is 5.44. The maximum absolute atomic E-state index is 12.1. The van der Waals surface area contributed by atoms with Gasteiger partial charge in [0.05, 0.1) is 0 Å². The topological polar surface area (TPSA) is 37.3 Å². The van der Waals surface area contributed by atoms with Crippen LogP contribution in [0.25, 0.3) is 0 Å². The molecule has 0 radical (unpaired) electrons. The molecule has 0 aromatic rings. The van der Waals surface area contributed by atoms with Gasteiger partial charge in [-0.3, -0.25) is 0 Å². The molecule has 0 amide bonds. The first-order valence-corrected chi connectivity index (χ1v) is 2.50. The molecule has 0 unspecified atom stereocenters. The molecule has 1 N–H and O–H groups in total. The van der Waals surface area contributed by atoms with Gasteiger partial charge < -0.3 is 5.11 Å². The second-order valence-electron chi connectivity index (χ2n) is 1.96. The molecule has 0 aromatic carbocycles. The van der Waals surface area contributed by atoms with Gasteiger partial charge in [0.15, 0.2) is 0 Å². The number of halogens is 7. The molecule has 0 aromatic heterocycles. The number of hydrogen-bond acceptors (Lipinski definition) is 1. The van der Waals surface area contributed by atoms with E-state index >= 15 is 0 Å². The van der Waals surface area contributed by atoms with Gasteiger partial charge in [-0.25, -0.2) is 9.18 Å². The molecule has 2 nitrogen and oxygen atoms in total. The Morgan fingerprint density at radius 2 is 1.08 bits per heavy atom. The molecule has 0 bridgehead atoms. The Kier molecular flexibility index (Phi) is 2.52. The van der Waals surface area contributed by atoms with E-state index in [1.54, 1.807) is 0 Å². The molecule has 78 valence electrons. The van der Waals surface area contributed by atoms with Crippen LogP contribution in [0, 0.1) is 0 Å². The molecule has 0 aliphatic carbocycles.